The number of carbonyl (C=O) groups is 2. The number of hydrogen-bond acceptors (Lipinski definition) is 5. The van der Waals surface area contributed by atoms with Gasteiger partial charge in [-0.15, -0.1) is 0 Å². The first-order valence-corrected chi connectivity index (χ1v) is 10.2. The lowest BCUT2D eigenvalue weighted by molar-refractivity contribution is -0.161. The first-order chi connectivity index (χ1) is 12.3. The number of fused-ring (bicyclic) bond motifs is 1. The van der Waals surface area contributed by atoms with Crippen molar-refractivity contribution in [3.8, 4) is 0 Å². The van der Waals surface area contributed by atoms with Gasteiger partial charge in [-0.3, -0.25) is 14.5 Å². The Morgan fingerprint density at radius 2 is 1.81 bits per heavy atom. The molecule has 0 aromatic rings. The summed E-state index contributed by atoms with van der Waals surface area (Å²) < 4.78 is 11.0. The van der Waals surface area contributed by atoms with Crippen molar-refractivity contribution in [1.82, 2.24) is 9.80 Å². The van der Waals surface area contributed by atoms with Gasteiger partial charge in [0.2, 0.25) is 5.91 Å². The maximum atomic E-state index is 12.8. The quantitative estimate of drug-likeness (QED) is 0.714. The van der Waals surface area contributed by atoms with Crippen molar-refractivity contribution in [2.75, 3.05) is 32.8 Å². The van der Waals surface area contributed by atoms with Gasteiger partial charge in [0.25, 0.3) is 0 Å². The SMILES string of the molecule is CC(C)(C)OC(=O)[C@@H]1C[C@@H]2CCCC[C@H]2N1CCC(=O)N1CCOCC1. The summed E-state index contributed by atoms with van der Waals surface area (Å²) in [6.45, 7) is 9.01. The summed E-state index contributed by atoms with van der Waals surface area (Å²) in [6.07, 6.45) is 6.15. The molecule has 148 valence electrons. The molecule has 0 spiro atoms. The van der Waals surface area contributed by atoms with E-state index in [1.54, 1.807) is 0 Å². The lowest BCUT2D eigenvalue weighted by Gasteiger charge is -2.34. The first kappa shape index (κ1) is 19.6. The molecule has 2 aliphatic heterocycles. The molecule has 2 heterocycles. The van der Waals surface area contributed by atoms with Crippen LogP contribution in [0.4, 0.5) is 0 Å². The summed E-state index contributed by atoms with van der Waals surface area (Å²) in [6, 6.07) is 0.235. The van der Waals surface area contributed by atoms with Crippen LogP contribution in [0.5, 0.6) is 0 Å². The second kappa shape index (κ2) is 8.26. The van der Waals surface area contributed by atoms with E-state index in [2.05, 4.69) is 4.90 Å². The second-order valence-corrected chi connectivity index (χ2v) is 8.88. The van der Waals surface area contributed by atoms with Crippen molar-refractivity contribution in [2.45, 2.75) is 77.0 Å². The number of morpholine rings is 1. The summed E-state index contributed by atoms with van der Waals surface area (Å²) >= 11 is 0. The minimum absolute atomic E-state index is 0.120. The maximum Gasteiger partial charge on any atom is 0.323 e. The Labute approximate surface area is 157 Å². The van der Waals surface area contributed by atoms with Gasteiger partial charge in [0, 0.05) is 32.1 Å². The van der Waals surface area contributed by atoms with Gasteiger partial charge in [0.1, 0.15) is 11.6 Å². The zero-order valence-corrected chi connectivity index (χ0v) is 16.5. The molecule has 3 fully saturated rings. The zero-order valence-electron chi connectivity index (χ0n) is 16.5. The highest BCUT2D eigenvalue weighted by molar-refractivity contribution is 5.78. The Hall–Kier alpha value is -1.14. The molecule has 0 unspecified atom stereocenters. The third-order valence-corrected chi connectivity index (χ3v) is 5.85. The fourth-order valence-electron chi connectivity index (χ4n) is 4.67. The van der Waals surface area contributed by atoms with Crippen LogP contribution in [-0.2, 0) is 19.1 Å². The molecule has 0 aromatic heterocycles. The Balaban J connectivity index is 1.63. The average molecular weight is 367 g/mol. The van der Waals surface area contributed by atoms with Crippen LogP contribution in [0, 0.1) is 5.92 Å². The number of amides is 1. The van der Waals surface area contributed by atoms with Crippen molar-refractivity contribution in [3.05, 3.63) is 0 Å². The Morgan fingerprint density at radius 1 is 1.12 bits per heavy atom. The van der Waals surface area contributed by atoms with Crippen molar-refractivity contribution < 1.29 is 19.1 Å². The van der Waals surface area contributed by atoms with Gasteiger partial charge in [0.05, 0.1) is 13.2 Å². The molecule has 0 bridgehead atoms. The van der Waals surface area contributed by atoms with E-state index in [-0.39, 0.29) is 17.9 Å². The van der Waals surface area contributed by atoms with Crippen LogP contribution < -0.4 is 0 Å². The number of carbonyl (C=O) groups excluding carboxylic acids is 2. The van der Waals surface area contributed by atoms with Gasteiger partial charge in [-0.2, -0.15) is 0 Å². The minimum atomic E-state index is -0.472. The lowest BCUT2D eigenvalue weighted by atomic mass is 9.84. The van der Waals surface area contributed by atoms with Crippen LogP contribution in [0.2, 0.25) is 0 Å². The van der Waals surface area contributed by atoms with Crippen molar-refractivity contribution in [3.63, 3.8) is 0 Å². The van der Waals surface area contributed by atoms with E-state index in [1.807, 2.05) is 25.7 Å². The van der Waals surface area contributed by atoms with E-state index in [0.717, 1.165) is 12.8 Å². The van der Waals surface area contributed by atoms with Crippen molar-refractivity contribution >= 4 is 11.9 Å². The number of nitrogens with zero attached hydrogens (tertiary/aromatic N) is 2. The summed E-state index contributed by atoms with van der Waals surface area (Å²) in [4.78, 5) is 29.5. The molecule has 3 aliphatic rings. The average Bonchev–Trinajstić information content (AvgIpc) is 2.98. The van der Waals surface area contributed by atoms with Crippen LogP contribution in [0.3, 0.4) is 0 Å². The highest BCUT2D eigenvalue weighted by Gasteiger charge is 2.46. The van der Waals surface area contributed by atoms with Crippen molar-refractivity contribution in [1.29, 1.82) is 0 Å². The van der Waals surface area contributed by atoms with Crippen LogP contribution in [0.25, 0.3) is 0 Å². The lowest BCUT2D eigenvalue weighted by Crippen LogP contribution is -2.47. The minimum Gasteiger partial charge on any atom is -0.459 e. The Bertz CT molecular complexity index is 510. The molecule has 3 atom stereocenters. The molecule has 1 saturated carbocycles. The summed E-state index contributed by atoms with van der Waals surface area (Å²) in [5, 5.41) is 0. The monoisotopic (exact) mass is 366 g/mol. The predicted molar refractivity (Wildman–Crippen MR) is 98.7 cm³/mol. The molecule has 0 N–H and O–H groups in total. The topological polar surface area (TPSA) is 59.1 Å². The van der Waals surface area contributed by atoms with Gasteiger partial charge in [-0.1, -0.05) is 12.8 Å². The van der Waals surface area contributed by atoms with Gasteiger partial charge in [-0.25, -0.2) is 0 Å². The fraction of sp³-hybridized carbons (Fsp3) is 0.900. The normalized spacial score (nSPS) is 30.1. The molecule has 6 nitrogen and oxygen atoms in total. The van der Waals surface area contributed by atoms with Gasteiger partial charge >= 0.3 is 5.97 Å². The molecular formula is C20H34N2O4. The number of esters is 1. The van der Waals surface area contributed by atoms with Gasteiger partial charge in [-0.05, 0) is 46.0 Å². The highest BCUT2D eigenvalue weighted by Crippen LogP contribution is 2.40. The molecule has 26 heavy (non-hydrogen) atoms. The molecular weight excluding hydrogens is 332 g/mol. The highest BCUT2D eigenvalue weighted by atomic mass is 16.6. The van der Waals surface area contributed by atoms with E-state index in [0.29, 0.717) is 51.2 Å². The molecule has 1 aliphatic carbocycles. The summed E-state index contributed by atoms with van der Waals surface area (Å²) in [5.74, 6) is 0.626. The van der Waals surface area contributed by atoms with Crippen LogP contribution in [0.1, 0.15) is 59.3 Å². The smallest absolute Gasteiger partial charge is 0.323 e. The van der Waals surface area contributed by atoms with E-state index in [1.165, 1.54) is 19.3 Å². The largest absolute Gasteiger partial charge is 0.459 e. The molecule has 0 aromatic carbocycles. The maximum absolute atomic E-state index is 12.8. The third-order valence-electron chi connectivity index (χ3n) is 5.85. The van der Waals surface area contributed by atoms with Gasteiger partial charge in [0.15, 0.2) is 0 Å². The van der Waals surface area contributed by atoms with E-state index in [4.69, 9.17) is 9.47 Å². The van der Waals surface area contributed by atoms with E-state index < -0.39 is 5.60 Å². The second-order valence-electron chi connectivity index (χ2n) is 8.88. The van der Waals surface area contributed by atoms with E-state index >= 15 is 0 Å². The number of likely N-dealkylation sites (tertiary alicyclic amines) is 1. The zero-order chi connectivity index (χ0) is 18.7. The molecule has 0 radical (unpaired) electrons. The number of hydrogen-bond donors (Lipinski definition) is 0. The Kier molecular flexibility index (Phi) is 6.23. The third kappa shape index (κ3) is 4.77. The first-order valence-electron chi connectivity index (χ1n) is 10.2. The van der Waals surface area contributed by atoms with Crippen LogP contribution in [-0.4, -0.2) is 72.2 Å². The van der Waals surface area contributed by atoms with Gasteiger partial charge < -0.3 is 14.4 Å². The number of rotatable bonds is 4. The summed E-state index contributed by atoms with van der Waals surface area (Å²) in [7, 11) is 0. The van der Waals surface area contributed by atoms with Crippen molar-refractivity contribution in [2.24, 2.45) is 5.92 Å². The fourth-order valence-corrected chi connectivity index (χ4v) is 4.67. The molecule has 3 rings (SSSR count). The van der Waals surface area contributed by atoms with Crippen LogP contribution in [0.15, 0.2) is 0 Å². The standard InChI is InChI=1S/C20H34N2O4/c1-20(2,3)26-19(24)17-14-15-6-4-5-7-16(15)22(17)9-8-18(23)21-10-12-25-13-11-21/h15-17H,4-14H2,1-3H3/t15-,16+,17-/m0/s1. The Morgan fingerprint density at radius 3 is 2.50 bits per heavy atom. The molecule has 2 saturated heterocycles. The predicted octanol–water partition coefficient (Wildman–Crippen LogP) is 2.21. The van der Waals surface area contributed by atoms with E-state index in [9.17, 15) is 9.59 Å². The van der Waals surface area contributed by atoms with Crippen LogP contribution >= 0.6 is 0 Å². The molecule has 1 amide bonds. The number of ether oxygens (including phenoxy) is 2. The molecule has 6 heteroatoms. The summed E-state index contributed by atoms with van der Waals surface area (Å²) in [5.41, 5.74) is -0.472.